The molecule has 0 fully saturated rings. The third-order valence-corrected chi connectivity index (χ3v) is 4.56. The minimum absolute atomic E-state index is 0.00751. The van der Waals surface area contributed by atoms with E-state index in [2.05, 4.69) is 20.6 Å². The van der Waals surface area contributed by atoms with Gasteiger partial charge in [0.05, 0.1) is 5.56 Å². The van der Waals surface area contributed by atoms with Gasteiger partial charge in [-0.25, -0.2) is 18.6 Å². The summed E-state index contributed by atoms with van der Waals surface area (Å²) in [4.78, 5) is 20.5. The molecule has 0 aliphatic rings. The fourth-order valence-corrected chi connectivity index (χ4v) is 3.13. The van der Waals surface area contributed by atoms with Gasteiger partial charge >= 0.3 is 6.09 Å². The monoisotopic (exact) mass is 478 g/mol. The summed E-state index contributed by atoms with van der Waals surface area (Å²) in [5, 5.41) is 14.7. The standard InChI is InChI=1S/C23H32F2N6O3/c1-22(2,3)11-16(33-13-34-21(32)28-9-8-27-7)29-20-30-18-15(24)10-14(12-26)17(25)19(18)31(20)23(4,5)6/h10,27H,8-9,11,13H2,1-7H3,(H,28,32)/b29-16-. The van der Waals surface area contributed by atoms with Crippen LogP contribution >= 0.6 is 0 Å². The van der Waals surface area contributed by atoms with E-state index in [-0.39, 0.29) is 28.3 Å². The maximum atomic E-state index is 15.1. The zero-order chi connectivity index (χ0) is 25.7. The molecule has 34 heavy (non-hydrogen) atoms. The summed E-state index contributed by atoms with van der Waals surface area (Å²) >= 11 is 0. The van der Waals surface area contributed by atoms with Crippen molar-refractivity contribution < 1.29 is 23.0 Å². The van der Waals surface area contributed by atoms with E-state index in [1.54, 1.807) is 33.9 Å². The lowest BCUT2D eigenvalue weighted by Gasteiger charge is -2.24. The van der Waals surface area contributed by atoms with Gasteiger partial charge in [-0.15, -0.1) is 0 Å². The van der Waals surface area contributed by atoms with E-state index in [1.165, 1.54) is 4.57 Å². The quantitative estimate of drug-likeness (QED) is 0.265. The highest BCUT2D eigenvalue weighted by Gasteiger charge is 2.28. The van der Waals surface area contributed by atoms with Crippen LogP contribution in [0.2, 0.25) is 0 Å². The number of benzene rings is 1. The van der Waals surface area contributed by atoms with Crippen molar-refractivity contribution in [1.29, 1.82) is 5.26 Å². The molecule has 11 heteroatoms. The summed E-state index contributed by atoms with van der Waals surface area (Å²) in [6, 6.07) is 2.49. The number of halogens is 2. The summed E-state index contributed by atoms with van der Waals surface area (Å²) < 4.78 is 41.9. The van der Waals surface area contributed by atoms with Crippen molar-refractivity contribution in [3.8, 4) is 6.07 Å². The first-order valence-electron chi connectivity index (χ1n) is 10.8. The zero-order valence-electron chi connectivity index (χ0n) is 20.7. The van der Waals surface area contributed by atoms with Gasteiger partial charge in [-0.05, 0) is 39.3 Å². The van der Waals surface area contributed by atoms with Gasteiger partial charge in [0, 0.05) is 25.0 Å². The van der Waals surface area contributed by atoms with Crippen LogP contribution in [0.4, 0.5) is 19.5 Å². The molecule has 0 aliphatic carbocycles. The van der Waals surface area contributed by atoms with Gasteiger partial charge in [0.25, 0.3) is 0 Å². The molecule has 9 nitrogen and oxygen atoms in total. The Morgan fingerprint density at radius 1 is 1.21 bits per heavy atom. The Balaban J connectivity index is 2.49. The lowest BCUT2D eigenvalue weighted by atomic mass is 9.92. The van der Waals surface area contributed by atoms with Crippen molar-refractivity contribution in [2.24, 2.45) is 10.4 Å². The number of nitrogens with one attached hydrogen (secondary N) is 2. The van der Waals surface area contributed by atoms with E-state index >= 15 is 4.39 Å². The maximum absolute atomic E-state index is 15.1. The maximum Gasteiger partial charge on any atom is 0.410 e. The highest BCUT2D eigenvalue weighted by molar-refractivity contribution is 5.84. The molecule has 0 spiro atoms. The van der Waals surface area contributed by atoms with Crippen molar-refractivity contribution in [3.05, 3.63) is 23.3 Å². The number of carbonyl (C=O) groups is 1. The van der Waals surface area contributed by atoms with E-state index < -0.39 is 35.6 Å². The Morgan fingerprint density at radius 3 is 2.44 bits per heavy atom. The summed E-state index contributed by atoms with van der Waals surface area (Å²) in [6.45, 7) is 11.8. The Labute approximate surface area is 198 Å². The minimum Gasteiger partial charge on any atom is -0.444 e. The van der Waals surface area contributed by atoms with E-state index in [0.717, 1.165) is 6.07 Å². The van der Waals surface area contributed by atoms with Crippen LogP contribution in [0.15, 0.2) is 11.1 Å². The average Bonchev–Trinajstić information content (AvgIpc) is 3.10. The van der Waals surface area contributed by atoms with Gasteiger partial charge in [0.1, 0.15) is 17.1 Å². The van der Waals surface area contributed by atoms with Crippen LogP contribution in [0.5, 0.6) is 0 Å². The summed E-state index contributed by atoms with van der Waals surface area (Å²) in [5.41, 5.74) is -1.84. The lowest BCUT2D eigenvalue weighted by molar-refractivity contribution is 0.0491. The largest absolute Gasteiger partial charge is 0.444 e. The van der Waals surface area contributed by atoms with Crippen molar-refractivity contribution in [1.82, 2.24) is 20.2 Å². The predicted molar refractivity (Wildman–Crippen MR) is 125 cm³/mol. The second-order valence-corrected chi connectivity index (χ2v) is 9.91. The summed E-state index contributed by atoms with van der Waals surface area (Å²) in [5.74, 6) is -1.51. The molecule has 1 aromatic carbocycles. The molecule has 0 saturated heterocycles. The molecule has 0 aliphatic heterocycles. The molecule has 0 radical (unpaired) electrons. The summed E-state index contributed by atoms with van der Waals surface area (Å²) in [6.07, 6.45) is -0.320. The number of amides is 1. The van der Waals surface area contributed by atoms with Crippen molar-refractivity contribution >= 4 is 29.0 Å². The molecule has 0 saturated carbocycles. The molecule has 0 unspecified atom stereocenters. The topological polar surface area (TPSA) is 114 Å². The van der Waals surface area contributed by atoms with Crippen LogP contribution in [0.3, 0.4) is 0 Å². The van der Waals surface area contributed by atoms with Crippen LogP contribution < -0.4 is 10.6 Å². The molecule has 0 atom stereocenters. The smallest absolute Gasteiger partial charge is 0.410 e. The Kier molecular flexibility index (Phi) is 8.56. The van der Waals surface area contributed by atoms with Crippen LogP contribution in [0.25, 0.3) is 11.0 Å². The average molecular weight is 479 g/mol. The number of nitriles is 1. The second-order valence-electron chi connectivity index (χ2n) is 9.91. The Hall–Kier alpha value is -3.26. The third-order valence-electron chi connectivity index (χ3n) is 4.56. The molecule has 0 bridgehead atoms. The van der Waals surface area contributed by atoms with Crippen LogP contribution in [-0.4, -0.2) is 48.5 Å². The minimum atomic E-state index is -0.873. The van der Waals surface area contributed by atoms with Gasteiger partial charge in [0.2, 0.25) is 12.7 Å². The molecule has 2 N–H and O–H groups in total. The number of hydrogen-bond acceptors (Lipinski definition) is 7. The third kappa shape index (κ3) is 6.87. The number of fused-ring (bicyclic) bond motifs is 1. The van der Waals surface area contributed by atoms with Crippen LogP contribution in [-0.2, 0) is 15.0 Å². The number of ether oxygens (including phenoxy) is 2. The second kappa shape index (κ2) is 10.8. The van der Waals surface area contributed by atoms with Crippen molar-refractivity contribution in [2.75, 3.05) is 26.9 Å². The van der Waals surface area contributed by atoms with Crippen LogP contribution in [0.1, 0.15) is 53.5 Å². The number of imidazole rings is 1. The predicted octanol–water partition coefficient (Wildman–Crippen LogP) is 4.33. The van der Waals surface area contributed by atoms with Crippen molar-refractivity contribution in [2.45, 2.75) is 53.5 Å². The molecular formula is C23H32F2N6O3. The highest BCUT2D eigenvalue weighted by atomic mass is 19.1. The molecule has 2 rings (SSSR count). The Bertz CT molecular complexity index is 1110. The number of nitrogens with zero attached hydrogens (tertiary/aromatic N) is 4. The first-order chi connectivity index (χ1) is 15.8. The fourth-order valence-electron chi connectivity index (χ4n) is 3.13. The lowest BCUT2D eigenvalue weighted by Crippen LogP contribution is -2.31. The number of rotatable bonds is 7. The molecule has 186 valence electrons. The Morgan fingerprint density at radius 2 is 1.88 bits per heavy atom. The van der Waals surface area contributed by atoms with Gasteiger partial charge < -0.3 is 24.7 Å². The van der Waals surface area contributed by atoms with Gasteiger partial charge in [-0.1, -0.05) is 20.8 Å². The number of aliphatic imine (C=N–C) groups is 1. The number of carbonyl (C=O) groups excluding carboxylic acids is 1. The molecular weight excluding hydrogens is 446 g/mol. The fraction of sp³-hybridized carbons (Fsp3) is 0.565. The molecule has 1 aromatic heterocycles. The normalized spacial score (nSPS) is 12.5. The number of hydrogen-bond donors (Lipinski definition) is 2. The number of aromatic nitrogens is 2. The first-order valence-corrected chi connectivity index (χ1v) is 10.8. The highest BCUT2D eigenvalue weighted by Crippen LogP contribution is 2.34. The van der Waals surface area contributed by atoms with E-state index in [9.17, 15) is 14.4 Å². The molecule has 1 heterocycles. The molecule has 1 amide bonds. The van der Waals surface area contributed by atoms with E-state index in [4.69, 9.17) is 9.47 Å². The van der Waals surface area contributed by atoms with Gasteiger partial charge in [-0.3, -0.25) is 0 Å². The van der Waals surface area contributed by atoms with Gasteiger partial charge in [0.15, 0.2) is 17.5 Å². The number of alkyl carbamates (subject to hydrolysis) is 1. The zero-order valence-corrected chi connectivity index (χ0v) is 20.7. The van der Waals surface area contributed by atoms with E-state index in [0.29, 0.717) is 19.5 Å². The van der Waals surface area contributed by atoms with E-state index in [1.807, 2.05) is 20.8 Å². The summed E-state index contributed by atoms with van der Waals surface area (Å²) in [7, 11) is 1.76. The first kappa shape index (κ1) is 27.0. The molecule has 2 aromatic rings. The number of likely N-dealkylation sites (N-methyl/N-ethyl adjacent to an activating group) is 1. The van der Waals surface area contributed by atoms with Crippen LogP contribution in [0, 0.1) is 28.4 Å². The SMILES string of the molecule is CNCCNC(=O)OCO/C(CC(C)(C)C)=N\c1nc2c(F)cc(C#N)c(F)c2n1C(C)(C)C. The van der Waals surface area contributed by atoms with Gasteiger partial charge in [-0.2, -0.15) is 10.3 Å². The van der Waals surface area contributed by atoms with Crippen molar-refractivity contribution in [3.63, 3.8) is 0 Å².